The lowest BCUT2D eigenvalue weighted by Gasteiger charge is -2.13. The van der Waals surface area contributed by atoms with Crippen LogP contribution in [0.25, 0.3) is 10.9 Å². The van der Waals surface area contributed by atoms with Gasteiger partial charge in [-0.05, 0) is 37.1 Å². The number of carbonyl (C=O) groups is 1. The summed E-state index contributed by atoms with van der Waals surface area (Å²) in [5.41, 5.74) is 1.30. The van der Waals surface area contributed by atoms with Gasteiger partial charge in [0.2, 0.25) is 5.56 Å². The van der Waals surface area contributed by atoms with Crippen LogP contribution in [0, 0.1) is 12.7 Å². The molecule has 1 aromatic heterocycles. The largest absolute Gasteiger partial charge is 0.469 e. The molecule has 100 valence electrons. The molecule has 0 spiro atoms. The standard InChI is InChI=1S/C14H14FNO3/c1-7-4-9(15)5-11-10(8(2)14(18)19-3)6-12(17)16-13(7)11/h4-6,8H,1-3H3,(H,16,17). The molecule has 0 radical (unpaired) electrons. The lowest BCUT2D eigenvalue weighted by molar-refractivity contribution is -0.141. The highest BCUT2D eigenvalue weighted by molar-refractivity contribution is 5.90. The lowest BCUT2D eigenvalue weighted by atomic mass is 9.96. The van der Waals surface area contributed by atoms with Crippen molar-refractivity contribution in [2.45, 2.75) is 19.8 Å². The zero-order valence-electron chi connectivity index (χ0n) is 10.9. The van der Waals surface area contributed by atoms with E-state index in [4.69, 9.17) is 0 Å². The van der Waals surface area contributed by atoms with Gasteiger partial charge in [-0.25, -0.2) is 4.39 Å². The average molecular weight is 263 g/mol. The van der Waals surface area contributed by atoms with Crippen LogP contribution in [-0.2, 0) is 9.53 Å². The number of benzene rings is 1. The Kier molecular flexibility index (Phi) is 3.38. The molecule has 0 amide bonds. The van der Waals surface area contributed by atoms with Gasteiger partial charge in [-0.2, -0.15) is 0 Å². The number of pyridine rings is 1. The van der Waals surface area contributed by atoms with Gasteiger partial charge in [0.1, 0.15) is 5.82 Å². The van der Waals surface area contributed by atoms with Crippen LogP contribution >= 0.6 is 0 Å². The molecule has 1 atom stereocenters. The molecule has 0 aliphatic rings. The molecule has 0 aliphatic carbocycles. The number of hydrogen-bond acceptors (Lipinski definition) is 3. The second-order valence-electron chi connectivity index (χ2n) is 4.48. The van der Waals surface area contributed by atoms with Gasteiger partial charge in [-0.1, -0.05) is 0 Å². The van der Waals surface area contributed by atoms with Crippen LogP contribution in [-0.4, -0.2) is 18.1 Å². The zero-order chi connectivity index (χ0) is 14.2. The van der Waals surface area contributed by atoms with Crippen molar-refractivity contribution in [1.29, 1.82) is 0 Å². The number of nitrogens with one attached hydrogen (secondary N) is 1. The summed E-state index contributed by atoms with van der Waals surface area (Å²) in [6, 6.07) is 3.96. The molecule has 1 heterocycles. The molecule has 1 aromatic carbocycles. The van der Waals surface area contributed by atoms with Crippen LogP contribution in [0.5, 0.6) is 0 Å². The van der Waals surface area contributed by atoms with Crippen LogP contribution in [0.2, 0.25) is 0 Å². The van der Waals surface area contributed by atoms with Gasteiger partial charge >= 0.3 is 5.97 Å². The van der Waals surface area contributed by atoms with Crippen LogP contribution < -0.4 is 5.56 Å². The maximum atomic E-state index is 13.5. The average Bonchev–Trinajstić information content (AvgIpc) is 2.37. The number of ether oxygens (including phenoxy) is 1. The number of aromatic nitrogens is 1. The van der Waals surface area contributed by atoms with E-state index in [2.05, 4.69) is 9.72 Å². The van der Waals surface area contributed by atoms with Gasteiger partial charge in [0, 0.05) is 11.5 Å². The first kappa shape index (κ1) is 13.3. The Morgan fingerprint density at radius 1 is 1.37 bits per heavy atom. The molecule has 1 unspecified atom stereocenters. The molecule has 2 rings (SSSR count). The second kappa shape index (κ2) is 4.84. The van der Waals surface area contributed by atoms with E-state index in [1.54, 1.807) is 13.8 Å². The van der Waals surface area contributed by atoms with Crippen LogP contribution in [0.4, 0.5) is 4.39 Å². The molecule has 0 saturated carbocycles. The highest BCUT2D eigenvalue weighted by atomic mass is 19.1. The number of hydrogen-bond donors (Lipinski definition) is 1. The molecular formula is C14H14FNO3. The van der Waals surface area contributed by atoms with E-state index in [0.717, 1.165) is 0 Å². The molecular weight excluding hydrogens is 249 g/mol. The number of rotatable bonds is 2. The Morgan fingerprint density at radius 2 is 2.05 bits per heavy atom. The highest BCUT2D eigenvalue weighted by Gasteiger charge is 2.20. The number of H-pyrrole nitrogens is 1. The number of fused-ring (bicyclic) bond motifs is 1. The van der Waals surface area contributed by atoms with Crippen molar-refractivity contribution in [2.24, 2.45) is 0 Å². The molecule has 1 N–H and O–H groups in total. The molecule has 0 bridgehead atoms. The fourth-order valence-corrected chi connectivity index (χ4v) is 2.18. The third-order valence-corrected chi connectivity index (χ3v) is 3.17. The molecule has 5 heteroatoms. The van der Waals surface area contributed by atoms with Gasteiger partial charge in [0.15, 0.2) is 0 Å². The van der Waals surface area contributed by atoms with Gasteiger partial charge in [0.05, 0.1) is 18.5 Å². The normalized spacial score (nSPS) is 12.4. The van der Waals surface area contributed by atoms with E-state index >= 15 is 0 Å². The van der Waals surface area contributed by atoms with Crippen molar-refractivity contribution < 1.29 is 13.9 Å². The summed E-state index contributed by atoms with van der Waals surface area (Å²) in [5, 5.41) is 0.523. The van der Waals surface area contributed by atoms with Crippen molar-refractivity contribution in [3.8, 4) is 0 Å². The Hall–Kier alpha value is -2.17. The molecule has 0 saturated heterocycles. The lowest BCUT2D eigenvalue weighted by Crippen LogP contribution is -2.15. The van der Waals surface area contributed by atoms with Crippen molar-refractivity contribution in [3.05, 3.63) is 45.5 Å². The molecule has 0 fully saturated rings. The second-order valence-corrected chi connectivity index (χ2v) is 4.48. The van der Waals surface area contributed by atoms with Gasteiger partial charge in [-0.3, -0.25) is 9.59 Å². The topological polar surface area (TPSA) is 59.2 Å². The maximum absolute atomic E-state index is 13.5. The first-order chi connectivity index (χ1) is 8.93. The molecule has 19 heavy (non-hydrogen) atoms. The van der Waals surface area contributed by atoms with Gasteiger partial charge in [-0.15, -0.1) is 0 Å². The minimum Gasteiger partial charge on any atom is -0.469 e. The van der Waals surface area contributed by atoms with Crippen molar-refractivity contribution in [1.82, 2.24) is 4.98 Å². The number of aryl methyl sites for hydroxylation is 1. The summed E-state index contributed by atoms with van der Waals surface area (Å²) in [6.07, 6.45) is 0. The maximum Gasteiger partial charge on any atom is 0.312 e. The summed E-state index contributed by atoms with van der Waals surface area (Å²) in [4.78, 5) is 25.9. The summed E-state index contributed by atoms with van der Waals surface area (Å²) in [7, 11) is 1.28. The molecule has 4 nitrogen and oxygen atoms in total. The summed E-state index contributed by atoms with van der Waals surface area (Å²) in [5.74, 6) is -1.50. The Labute approximate surface area is 109 Å². The zero-order valence-corrected chi connectivity index (χ0v) is 10.9. The minimum absolute atomic E-state index is 0.326. The first-order valence-electron chi connectivity index (χ1n) is 5.85. The van der Waals surface area contributed by atoms with E-state index < -0.39 is 17.7 Å². The van der Waals surface area contributed by atoms with E-state index in [-0.39, 0.29) is 5.56 Å². The first-order valence-corrected chi connectivity index (χ1v) is 5.85. The molecule has 0 aliphatic heterocycles. The van der Waals surface area contributed by atoms with Crippen molar-refractivity contribution in [2.75, 3.05) is 7.11 Å². The van der Waals surface area contributed by atoms with E-state index in [0.29, 0.717) is 22.0 Å². The van der Waals surface area contributed by atoms with Gasteiger partial charge in [0.25, 0.3) is 0 Å². The van der Waals surface area contributed by atoms with E-state index in [9.17, 15) is 14.0 Å². The van der Waals surface area contributed by atoms with Crippen LogP contribution in [0.15, 0.2) is 23.0 Å². The monoisotopic (exact) mass is 263 g/mol. The van der Waals surface area contributed by atoms with Crippen molar-refractivity contribution in [3.63, 3.8) is 0 Å². The fraction of sp³-hybridized carbons (Fsp3) is 0.286. The number of halogens is 1. The fourth-order valence-electron chi connectivity index (χ4n) is 2.18. The summed E-state index contributed by atoms with van der Waals surface area (Å²) in [6.45, 7) is 3.33. The summed E-state index contributed by atoms with van der Waals surface area (Å²) < 4.78 is 18.2. The SMILES string of the molecule is COC(=O)C(C)c1cc(=O)[nH]c2c(C)cc(F)cc12. The van der Waals surface area contributed by atoms with Crippen molar-refractivity contribution >= 4 is 16.9 Å². The quantitative estimate of drug-likeness (QED) is 0.845. The smallest absolute Gasteiger partial charge is 0.312 e. The predicted octanol–water partition coefficient (Wildman–Crippen LogP) is 2.25. The molecule has 2 aromatic rings. The van der Waals surface area contributed by atoms with Crippen LogP contribution in [0.1, 0.15) is 24.0 Å². The third-order valence-electron chi connectivity index (χ3n) is 3.17. The number of carbonyl (C=O) groups excluding carboxylic acids is 1. The van der Waals surface area contributed by atoms with E-state index in [1.807, 2.05) is 0 Å². The number of esters is 1. The Bertz CT molecular complexity index is 706. The number of methoxy groups -OCH3 is 1. The highest BCUT2D eigenvalue weighted by Crippen LogP contribution is 2.26. The minimum atomic E-state index is -0.629. The predicted molar refractivity (Wildman–Crippen MR) is 69.7 cm³/mol. The van der Waals surface area contributed by atoms with Gasteiger partial charge < -0.3 is 9.72 Å². The summed E-state index contributed by atoms with van der Waals surface area (Å²) >= 11 is 0. The Morgan fingerprint density at radius 3 is 2.68 bits per heavy atom. The van der Waals surface area contributed by atoms with E-state index in [1.165, 1.54) is 25.3 Å². The van der Waals surface area contributed by atoms with Crippen LogP contribution in [0.3, 0.4) is 0 Å². The Balaban J connectivity index is 2.80. The third kappa shape index (κ3) is 2.36. The number of aromatic amines is 1.